The minimum absolute atomic E-state index is 0.0913. The van der Waals surface area contributed by atoms with Crippen LogP contribution in [0.2, 0.25) is 0 Å². The van der Waals surface area contributed by atoms with Crippen molar-refractivity contribution in [3.63, 3.8) is 0 Å². The van der Waals surface area contributed by atoms with Crippen LogP contribution in [0.5, 0.6) is 0 Å². The molecule has 0 spiro atoms. The average molecular weight is 416 g/mol. The number of carbonyl (C=O) groups excluding carboxylic acids is 4. The van der Waals surface area contributed by atoms with Crippen molar-refractivity contribution in [2.24, 2.45) is 0 Å². The predicted molar refractivity (Wildman–Crippen MR) is 124 cm³/mol. The smallest absolute Gasteiger partial charge is 0.234 e. The second-order valence-corrected chi connectivity index (χ2v) is 7.55. The summed E-state index contributed by atoms with van der Waals surface area (Å²) in [6.07, 6.45) is 5.71. The molecule has 0 unspecified atom stereocenters. The van der Waals surface area contributed by atoms with Crippen molar-refractivity contribution in [3.05, 3.63) is 113 Å². The number of allylic oxidation sites excluding steroid dienone is 3. The summed E-state index contributed by atoms with van der Waals surface area (Å²) in [4.78, 5) is 46.6. The maximum absolute atomic E-state index is 11.8. The first-order valence-electron chi connectivity index (χ1n) is 10.1. The Labute approximate surface area is 183 Å². The summed E-state index contributed by atoms with van der Waals surface area (Å²) < 4.78 is 0. The maximum atomic E-state index is 11.8. The average Bonchev–Trinajstić information content (AvgIpc) is 2.83. The van der Waals surface area contributed by atoms with Crippen molar-refractivity contribution in [2.75, 3.05) is 0 Å². The maximum Gasteiger partial charge on any atom is 0.234 e. The predicted octanol–water partition coefficient (Wildman–Crippen LogP) is 5.39. The fourth-order valence-electron chi connectivity index (χ4n) is 4.11. The molecule has 4 aromatic carbocycles. The van der Waals surface area contributed by atoms with E-state index in [2.05, 4.69) is 0 Å². The van der Waals surface area contributed by atoms with Gasteiger partial charge in [0.15, 0.2) is 11.6 Å². The largest absolute Gasteiger partial charge is 0.289 e. The molecule has 6 rings (SSSR count). The summed E-state index contributed by atoms with van der Waals surface area (Å²) in [6, 6.07) is 22.6. The van der Waals surface area contributed by atoms with Crippen molar-refractivity contribution in [2.45, 2.75) is 0 Å². The summed E-state index contributed by atoms with van der Waals surface area (Å²) in [5, 5.41) is 3.67. The van der Waals surface area contributed by atoms with Crippen LogP contribution in [-0.4, -0.2) is 23.1 Å². The number of fused-ring (bicyclic) bond motifs is 6. The van der Waals surface area contributed by atoms with Gasteiger partial charge in [0.1, 0.15) is 0 Å². The van der Waals surface area contributed by atoms with Crippen LogP contribution in [0.25, 0.3) is 27.6 Å². The van der Waals surface area contributed by atoms with E-state index in [0.29, 0.717) is 16.7 Å². The van der Waals surface area contributed by atoms with Gasteiger partial charge in [-0.05, 0) is 51.4 Å². The van der Waals surface area contributed by atoms with Gasteiger partial charge in [-0.1, -0.05) is 72.8 Å². The molecule has 0 saturated heterocycles. The SMILES string of the molecule is O=C1C=CC(=O)c2c1ccc1ccccc21.O=C1C=Cc2ccc3ccccc3c2C1=O. The molecule has 0 aromatic heterocycles. The van der Waals surface area contributed by atoms with Crippen molar-refractivity contribution in [3.8, 4) is 0 Å². The lowest BCUT2D eigenvalue weighted by Gasteiger charge is -2.11. The lowest BCUT2D eigenvalue weighted by atomic mass is 9.90. The lowest BCUT2D eigenvalue weighted by molar-refractivity contribution is -0.110. The van der Waals surface area contributed by atoms with E-state index >= 15 is 0 Å². The molecule has 4 heteroatoms. The topological polar surface area (TPSA) is 68.3 Å². The summed E-state index contributed by atoms with van der Waals surface area (Å²) in [6.45, 7) is 0. The molecule has 0 heterocycles. The minimum atomic E-state index is -0.441. The highest BCUT2D eigenvalue weighted by atomic mass is 16.2. The van der Waals surface area contributed by atoms with Crippen LogP contribution in [0.3, 0.4) is 0 Å². The first-order valence-corrected chi connectivity index (χ1v) is 10.1. The number of Topliss-reactive ketones (excluding diaryl/α,β-unsaturated/α-hetero) is 1. The molecule has 4 aromatic rings. The number of hydrogen-bond donors (Lipinski definition) is 0. The quantitative estimate of drug-likeness (QED) is 0.360. The van der Waals surface area contributed by atoms with Crippen LogP contribution in [0.15, 0.2) is 91.0 Å². The molecule has 2 aliphatic carbocycles. The molecule has 0 bridgehead atoms. The molecule has 32 heavy (non-hydrogen) atoms. The van der Waals surface area contributed by atoms with Crippen LogP contribution < -0.4 is 0 Å². The Morgan fingerprint density at radius 1 is 0.438 bits per heavy atom. The molecule has 0 radical (unpaired) electrons. The Hall–Kier alpha value is -4.44. The molecule has 4 nitrogen and oxygen atoms in total. The van der Waals surface area contributed by atoms with Gasteiger partial charge in [-0.2, -0.15) is 0 Å². The molecule has 0 fully saturated rings. The Balaban J connectivity index is 0.000000135. The Bertz CT molecular complexity index is 1490. The zero-order valence-corrected chi connectivity index (χ0v) is 16.9. The van der Waals surface area contributed by atoms with E-state index in [0.717, 1.165) is 27.1 Å². The molecule has 0 atom stereocenters. The van der Waals surface area contributed by atoms with Crippen molar-refractivity contribution in [1.82, 2.24) is 0 Å². The van der Waals surface area contributed by atoms with E-state index in [4.69, 9.17) is 0 Å². The van der Waals surface area contributed by atoms with E-state index in [1.807, 2.05) is 66.7 Å². The van der Waals surface area contributed by atoms with Gasteiger partial charge < -0.3 is 0 Å². The van der Waals surface area contributed by atoms with Crippen molar-refractivity contribution in [1.29, 1.82) is 0 Å². The van der Waals surface area contributed by atoms with Crippen LogP contribution in [0.4, 0.5) is 0 Å². The first kappa shape index (κ1) is 19.5. The number of rotatable bonds is 0. The highest BCUT2D eigenvalue weighted by Gasteiger charge is 2.23. The van der Waals surface area contributed by atoms with Crippen molar-refractivity contribution < 1.29 is 19.2 Å². The van der Waals surface area contributed by atoms with Gasteiger partial charge in [0, 0.05) is 16.7 Å². The standard InChI is InChI=1S/2C14H8O2/c15-12-8-7-10-6-5-9-3-1-2-4-11(9)13(10)14(12)16;15-12-7-8-13(16)14-10-4-2-1-3-9(10)5-6-11(12)14/h2*1-8H. The number of benzene rings is 4. The van der Waals surface area contributed by atoms with E-state index in [1.54, 1.807) is 12.1 Å². The number of ketones is 4. The van der Waals surface area contributed by atoms with Crippen LogP contribution >= 0.6 is 0 Å². The van der Waals surface area contributed by atoms with Gasteiger partial charge >= 0.3 is 0 Å². The fourth-order valence-corrected chi connectivity index (χ4v) is 4.11. The molecule has 0 N–H and O–H groups in total. The molecule has 0 amide bonds. The number of carbonyl (C=O) groups is 4. The molecular formula is C28H16O4. The van der Waals surface area contributed by atoms with Gasteiger partial charge in [-0.3, -0.25) is 19.2 Å². The van der Waals surface area contributed by atoms with E-state index in [1.165, 1.54) is 18.2 Å². The normalized spacial score (nSPS) is 14.2. The fraction of sp³-hybridized carbons (Fsp3) is 0. The minimum Gasteiger partial charge on any atom is -0.289 e. The van der Waals surface area contributed by atoms with Crippen LogP contribution in [-0.2, 0) is 4.79 Å². The molecule has 0 saturated carbocycles. The highest BCUT2D eigenvalue weighted by Crippen LogP contribution is 2.27. The van der Waals surface area contributed by atoms with Gasteiger partial charge in [0.05, 0.1) is 0 Å². The number of hydrogen-bond acceptors (Lipinski definition) is 4. The van der Waals surface area contributed by atoms with Crippen molar-refractivity contribution >= 4 is 50.8 Å². The third-order valence-electron chi connectivity index (χ3n) is 5.65. The van der Waals surface area contributed by atoms with E-state index in [-0.39, 0.29) is 11.6 Å². The summed E-state index contributed by atoms with van der Waals surface area (Å²) in [5.41, 5.74) is 2.39. The highest BCUT2D eigenvalue weighted by molar-refractivity contribution is 6.51. The van der Waals surface area contributed by atoms with E-state index in [9.17, 15) is 19.2 Å². The van der Waals surface area contributed by atoms with Crippen LogP contribution in [0.1, 0.15) is 36.6 Å². The zero-order valence-electron chi connectivity index (χ0n) is 16.9. The first-order chi connectivity index (χ1) is 15.5. The Morgan fingerprint density at radius 2 is 1.00 bits per heavy atom. The Morgan fingerprint density at radius 3 is 1.72 bits per heavy atom. The second-order valence-electron chi connectivity index (χ2n) is 7.55. The monoisotopic (exact) mass is 416 g/mol. The third-order valence-corrected chi connectivity index (χ3v) is 5.65. The molecule has 152 valence electrons. The van der Waals surface area contributed by atoms with Gasteiger partial charge in [0.25, 0.3) is 0 Å². The third kappa shape index (κ3) is 3.19. The Kier molecular flexibility index (Phi) is 4.68. The van der Waals surface area contributed by atoms with Gasteiger partial charge in [0.2, 0.25) is 11.6 Å². The summed E-state index contributed by atoms with van der Waals surface area (Å²) in [5.74, 6) is -1.04. The zero-order chi connectivity index (χ0) is 22.2. The summed E-state index contributed by atoms with van der Waals surface area (Å²) in [7, 11) is 0. The lowest BCUT2D eigenvalue weighted by Crippen LogP contribution is -2.16. The van der Waals surface area contributed by atoms with Crippen LogP contribution in [0, 0.1) is 0 Å². The van der Waals surface area contributed by atoms with Gasteiger partial charge in [-0.25, -0.2) is 0 Å². The molecule has 2 aliphatic rings. The second kappa shape index (κ2) is 7.67. The molecule has 0 aliphatic heterocycles. The van der Waals surface area contributed by atoms with Gasteiger partial charge in [-0.15, -0.1) is 0 Å². The van der Waals surface area contributed by atoms with E-state index < -0.39 is 11.6 Å². The summed E-state index contributed by atoms with van der Waals surface area (Å²) >= 11 is 0. The molecular weight excluding hydrogens is 400 g/mol.